The van der Waals surface area contributed by atoms with Gasteiger partial charge in [-0.15, -0.1) is 0 Å². The van der Waals surface area contributed by atoms with Gasteiger partial charge in [0.1, 0.15) is 34.5 Å². The number of hydrogen-bond donors (Lipinski definition) is 0. The molecular formula is C38H19N3O2. The molecule has 0 saturated carbocycles. The van der Waals surface area contributed by atoms with Crippen molar-refractivity contribution in [2.45, 2.75) is 0 Å². The minimum Gasteiger partial charge on any atom is -0.456 e. The number of nitriles is 2. The number of para-hydroxylation sites is 2. The van der Waals surface area contributed by atoms with Crippen molar-refractivity contribution in [2.75, 3.05) is 0 Å². The highest BCUT2D eigenvalue weighted by atomic mass is 16.3. The summed E-state index contributed by atoms with van der Waals surface area (Å²) in [5.41, 5.74) is 8.65. The molecule has 0 atom stereocenters. The summed E-state index contributed by atoms with van der Waals surface area (Å²) in [6.45, 7) is 0. The maximum atomic E-state index is 10.1. The first-order valence-corrected chi connectivity index (χ1v) is 14.0. The van der Waals surface area contributed by atoms with Crippen molar-refractivity contribution in [1.29, 1.82) is 10.5 Å². The summed E-state index contributed by atoms with van der Waals surface area (Å²) in [7, 11) is 0. The van der Waals surface area contributed by atoms with Crippen LogP contribution in [0.2, 0.25) is 0 Å². The van der Waals surface area contributed by atoms with Gasteiger partial charge in [0.2, 0.25) is 0 Å². The van der Waals surface area contributed by atoms with Crippen LogP contribution < -0.4 is 0 Å². The highest BCUT2D eigenvalue weighted by Crippen LogP contribution is 2.42. The van der Waals surface area contributed by atoms with E-state index in [1.54, 1.807) is 6.07 Å². The van der Waals surface area contributed by atoms with Crippen LogP contribution >= 0.6 is 0 Å². The van der Waals surface area contributed by atoms with Crippen molar-refractivity contribution < 1.29 is 8.83 Å². The standard InChI is InChI=1S/C38H19N3O2/c39-20-24-6-5-9-31(30(24)21-40)41-32-15-12-22(23-13-17-36-28(18-23)26-8-2-3-10-34(26)42-36)19-29(32)37-33(41)16-14-27-25-7-1-4-11-35(25)43-38(27)37/h1-19H. The first kappa shape index (κ1) is 23.4. The Morgan fingerprint density at radius 3 is 1.98 bits per heavy atom. The van der Waals surface area contributed by atoms with Crippen molar-refractivity contribution >= 4 is 65.7 Å². The van der Waals surface area contributed by atoms with Gasteiger partial charge in [0.25, 0.3) is 0 Å². The number of hydrogen-bond acceptors (Lipinski definition) is 4. The monoisotopic (exact) mass is 549 g/mol. The minimum atomic E-state index is 0.342. The van der Waals surface area contributed by atoms with Crippen LogP contribution in [0.1, 0.15) is 11.1 Å². The van der Waals surface area contributed by atoms with E-state index in [0.717, 1.165) is 76.8 Å². The fourth-order valence-electron chi connectivity index (χ4n) is 6.57. The fourth-order valence-corrected chi connectivity index (χ4v) is 6.57. The summed E-state index contributed by atoms with van der Waals surface area (Å²) >= 11 is 0. The largest absolute Gasteiger partial charge is 0.456 e. The Bertz CT molecular complexity index is 2710. The molecule has 0 aliphatic carbocycles. The van der Waals surface area contributed by atoms with Crippen LogP contribution in [0.4, 0.5) is 0 Å². The molecule has 0 bridgehead atoms. The van der Waals surface area contributed by atoms with Gasteiger partial charge in [0.15, 0.2) is 0 Å². The Hall–Kier alpha value is -6.30. The summed E-state index contributed by atoms with van der Waals surface area (Å²) in [5, 5.41) is 26.1. The Balaban J connectivity index is 1.40. The van der Waals surface area contributed by atoms with Crippen molar-refractivity contribution in [2.24, 2.45) is 0 Å². The van der Waals surface area contributed by atoms with Crippen LogP contribution in [-0.2, 0) is 0 Å². The van der Waals surface area contributed by atoms with E-state index in [4.69, 9.17) is 8.83 Å². The fraction of sp³-hybridized carbons (Fsp3) is 0. The number of fused-ring (bicyclic) bond motifs is 10. The topological polar surface area (TPSA) is 78.8 Å². The minimum absolute atomic E-state index is 0.342. The maximum Gasteiger partial charge on any atom is 0.145 e. The summed E-state index contributed by atoms with van der Waals surface area (Å²) in [4.78, 5) is 0. The van der Waals surface area contributed by atoms with E-state index in [1.807, 2.05) is 54.6 Å². The Kier molecular flexibility index (Phi) is 4.68. The molecule has 43 heavy (non-hydrogen) atoms. The number of aromatic nitrogens is 1. The van der Waals surface area contributed by atoms with Crippen molar-refractivity contribution in [3.63, 3.8) is 0 Å². The Morgan fingerprint density at radius 1 is 0.512 bits per heavy atom. The molecule has 0 unspecified atom stereocenters. The van der Waals surface area contributed by atoms with Gasteiger partial charge in [-0.25, -0.2) is 0 Å². The maximum absolute atomic E-state index is 10.1. The van der Waals surface area contributed by atoms with Crippen LogP contribution in [0.5, 0.6) is 0 Å². The predicted octanol–water partition coefficient (Wildman–Crippen LogP) is 9.99. The lowest BCUT2D eigenvalue weighted by atomic mass is 10.00. The second-order valence-electron chi connectivity index (χ2n) is 10.7. The van der Waals surface area contributed by atoms with E-state index < -0.39 is 0 Å². The average molecular weight is 550 g/mol. The molecule has 0 aliphatic rings. The van der Waals surface area contributed by atoms with E-state index in [9.17, 15) is 10.5 Å². The molecule has 6 aromatic carbocycles. The summed E-state index contributed by atoms with van der Waals surface area (Å²) in [6, 6.07) is 42.9. The first-order valence-electron chi connectivity index (χ1n) is 14.0. The summed E-state index contributed by atoms with van der Waals surface area (Å²) in [5.74, 6) is 0. The van der Waals surface area contributed by atoms with Gasteiger partial charge in [-0.1, -0.05) is 54.6 Å². The molecule has 0 amide bonds. The van der Waals surface area contributed by atoms with E-state index in [1.165, 1.54) is 0 Å². The third-order valence-corrected chi connectivity index (χ3v) is 8.50. The van der Waals surface area contributed by atoms with Crippen LogP contribution in [0.25, 0.3) is 82.5 Å². The smallest absolute Gasteiger partial charge is 0.145 e. The normalized spacial score (nSPS) is 11.7. The number of nitrogens with zero attached hydrogens (tertiary/aromatic N) is 3. The van der Waals surface area contributed by atoms with Crippen molar-refractivity contribution in [1.82, 2.24) is 4.57 Å². The van der Waals surface area contributed by atoms with Crippen LogP contribution in [0.15, 0.2) is 124 Å². The van der Waals surface area contributed by atoms with Gasteiger partial charge in [-0.3, -0.25) is 0 Å². The highest BCUT2D eigenvalue weighted by molar-refractivity contribution is 6.24. The molecule has 0 aliphatic heterocycles. The quantitative estimate of drug-likeness (QED) is 0.215. The molecule has 3 heterocycles. The van der Waals surface area contributed by atoms with Gasteiger partial charge in [-0.2, -0.15) is 10.5 Å². The lowest BCUT2D eigenvalue weighted by Crippen LogP contribution is -1.99. The Labute approximate surface area is 244 Å². The molecule has 3 aromatic heterocycles. The molecule has 0 saturated heterocycles. The van der Waals surface area contributed by atoms with Gasteiger partial charge >= 0.3 is 0 Å². The molecule has 198 valence electrons. The van der Waals surface area contributed by atoms with Gasteiger partial charge in [0, 0.05) is 26.9 Å². The molecule has 0 fully saturated rings. The molecule has 5 nitrogen and oxygen atoms in total. The lowest BCUT2D eigenvalue weighted by Gasteiger charge is -2.11. The van der Waals surface area contributed by atoms with Crippen LogP contribution in [0, 0.1) is 22.7 Å². The highest BCUT2D eigenvalue weighted by Gasteiger charge is 2.21. The van der Waals surface area contributed by atoms with Gasteiger partial charge in [0.05, 0.1) is 33.2 Å². The summed E-state index contributed by atoms with van der Waals surface area (Å²) in [6.07, 6.45) is 0. The second-order valence-corrected chi connectivity index (χ2v) is 10.7. The SMILES string of the molecule is N#Cc1cccc(-n2c3ccc(-c4ccc5oc6ccccc6c5c4)cc3c3c4oc5ccccc5c4ccc32)c1C#N. The molecule has 5 heteroatoms. The molecular weight excluding hydrogens is 530 g/mol. The van der Waals surface area contributed by atoms with E-state index in [2.05, 4.69) is 71.3 Å². The molecule has 9 rings (SSSR count). The third kappa shape index (κ3) is 3.19. The molecule has 9 aromatic rings. The third-order valence-electron chi connectivity index (χ3n) is 8.50. The van der Waals surface area contributed by atoms with Gasteiger partial charge < -0.3 is 13.4 Å². The van der Waals surface area contributed by atoms with Gasteiger partial charge in [-0.05, 0) is 71.8 Å². The lowest BCUT2D eigenvalue weighted by molar-refractivity contribution is 0.669. The van der Waals surface area contributed by atoms with Crippen molar-refractivity contribution in [3.05, 3.63) is 126 Å². The van der Waals surface area contributed by atoms with E-state index in [0.29, 0.717) is 16.8 Å². The zero-order valence-corrected chi connectivity index (χ0v) is 22.6. The van der Waals surface area contributed by atoms with Crippen LogP contribution in [-0.4, -0.2) is 4.57 Å². The first-order chi connectivity index (χ1) is 21.2. The Morgan fingerprint density at radius 2 is 1.19 bits per heavy atom. The zero-order valence-electron chi connectivity index (χ0n) is 22.6. The number of furan rings is 2. The average Bonchev–Trinajstić information content (AvgIpc) is 3.72. The molecule has 0 N–H and O–H groups in total. The molecule has 0 spiro atoms. The number of rotatable bonds is 2. The van der Waals surface area contributed by atoms with E-state index in [-0.39, 0.29) is 0 Å². The zero-order chi connectivity index (χ0) is 28.7. The van der Waals surface area contributed by atoms with Crippen LogP contribution in [0.3, 0.4) is 0 Å². The summed E-state index contributed by atoms with van der Waals surface area (Å²) < 4.78 is 14.7. The van der Waals surface area contributed by atoms with Crippen molar-refractivity contribution in [3.8, 4) is 29.0 Å². The van der Waals surface area contributed by atoms with E-state index >= 15 is 0 Å². The second kappa shape index (κ2) is 8.60. The number of benzene rings is 6. The molecule has 0 radical (unpaired) electrons. The predicted molar refractivity (Wildman–Crippen MR) is 170 cm³/mol.